The Hall–Kier alpha value is -0.930. The van der Waals surface area contributed by atoms with Gasteiger partial charge in [0.25, 0.3) is 0 Å². The van der Waals surface area contributed by atoms with Gasteiger partial charge in [-0.1, -0.05) is 51.0 Å². The van der Waals surface area contributed by atoms with E-state index in [-0.39, 0.29) is 6.42 Å². The van der Waals surface area contributed by atoms with Gasteiger partial charge in [0.15, 0.2) is 0 Å². The summed E-state index contributed by atoms with van der Waals surface area (Å²) in [5.41, 5.74) is 2.89. The van der Waals surface area contributed by atoms with Crippen LogP contribution in [0.15, 0.2) is 35.5 Å². The summed E-state index contributed by atoms with van der Waals surface area (Å²) in [5.74, 6) is 2.04. The number of fused-ring (bicyclic) bond motifs is 1. The molecule has 30 heavy (non-hydrogen) atoms. The summed E-state index contributed by atoms with van der Waals surface area (Å²) in [4.78, 5) is 0. The van der Waals surface area contributed by atoms with Crippen LogP contribution in [-0.2, 0) is 0 Å². The van der Waals surface area contributed by atoms with Crippen LogP contribution in [0.4, 0.5) is 4.39 Å². The second-order valence-corrected chi connectivity index (χ2v) is 11.3. The van der Waals surface area contributed by atoms with E-state index in [4.69, 9.17) is 0 Å². The van der Waals surface area contributed by atoms with Crippen molar-refractivity contribution in [3.63, 3.8) is 0 Å². The molecule has 3 heteroatoms. The van der Waals surface area contributed by atoms with E-state index >= 15 is 0 Å². The van der Waals surface area contributed by atoms with Crippen molar-refractivity contribution in [3.8, 4) is 0 Å². The zero-order valence-electron chi connectivity index (χ0n) is 19.6. The fraction of sp³-hybridized carbons (Fsp3) is 0.778. The Morgan fingerprint density at radius 2 is 2.03 bits per heavy atom. The van der Waals surface area contributed by atoms with E-state index in [0.29, 0.717) is 29.2 Å². The van der Waals surface area contributed by atoms with Crippen LogP contribution in [0, 0.1) is 23.2 Å². The Balaban J connectivity index is 1.70. The number of hydrogen-bond donors (Lipinski definition) is 2. The van der Waals surface area contributed by atoms with Gasteiger partial charge in [0.1, 0.15) is 6.17 Å². The largest absolute Gasteiger partial charge is 0.390 e. The minimum absolute atomic E-state index is 0.181. The zero-order chi connectivity index (χ0) is 22.1. The van der Waals surface area contributed by atoms with Gasteiger partial charge in [0, 0.05) is 12.8 Å². The van der Waals surface area contributed by atoms with Gasteiger partial charge in [-0.2, -0.15) is 0 Å². The highest BCUT2D eigenvalue weighted by atomic mass is 19.1. The molecule has 0 bridgehead atoms. The highest BCUT2D eigenvalue weighted by Gasteiger charge is 2.50. The van der Waals surface area contributed by atoms with Crippen LogP contribution in [0.5, 0.6) is 0 Å². The summed E-state index contributed by atoms with van der Waals surface area (Å²) < 4.78 is 13.9. The van der Waals surface area contributed by atoms with E-state index in [2.05, 4.69) is 32.6 Å². The predicted molar refractivity (Wildman–Crippen MR) is 123 cm³/mol. The second kappa shape index (κ2) is 9.28. The third-order valence-electron chi connectivity index (χ3n) is 8.41. The van der Waals surface area contributed by atoms with E-state index in [1.54, 1.807) is 0 Å². The molecule has 0 amide bonds. The van der Waals surface area contributed by atoms with Crippen LogP contribution < -0.4 is 0 Å². The van der Waals surface area contributed by atoms with E-state index in [1.165, 1.54) is 37.7 Å². The molecule has 0 aromatic carbocycles. The minimum Gasteiger partial charge on any atom is -0.390 e. The fourth-order valence-electron chi connectivity index (χ4n) is 6.71. The topological polar surface area (TPSA) is 40.5 Å². The van der Waals surface area contributed by atoms with Gasteiger partial charge in [0.05, 0.1) is 11.7 Å². The Bertz CT molecular complexity index is 685. The quantitative estimate of drug-likeness (QED) is 0.505. The molecule has 3 saturated carbocycles. The average molecular weight is 419 g/mol. The number of alkyl halides is 1. The first-order chi connectivity index (χ1) is 14.0. The van der Waals surface area contributed by atoms with Gasteiger partial charge in [-0.3, -0.25) is 0 Å². The number of aliphatic hydroxyl groups is 2. The lowest BCUT2D eigenvalue weighted by Crippen LogP contribution is -2.36. The summed E-state index contributed by atoms with van der Waals surface area (Å²) >= 11 is 0. The molecular formula is C27H43FO2. The SMILES string of the molecule is C=C1/C(=C\C=C2/CCC[C@]3(C)[C@@H]([C@H](C)CCCC(C)(C)O)CC[C@@H]23)C[C@@H](F)C[C@@H]1O. The number of rotatable bonds is 6. The first kappa shape index (κ1) is 23.7. The van der Waals surface area contributed by atoms with Crippen molar-refractivity contribution < 1.29 is 14.6 Å². The van der Waals surface area contributed by atoms with E-state index in [0.717, 1.165) is 30.8 Å². The molecule has 6 atom stereocenters. The Morgan fingerprint density at radius 3 is 2.73 bits per heavy atom. The summed E-state index contributed by atoms with van der Waals surface area (Å²) in [6, 6.07) is 0. The lowest BCUT2D eigenvalue weighted by molar-refractivity contribution is 0.0596. The minimum atomic E-state index is -0.965. The van der Waals surface area contributed by atoms with Gasteiger partial charge >= 0.3 is 0 Å². The normalized spacial score (nSPS) is 38.8. The Morgan fingerprint density at radius 1 is 1.30 bits per heavy atom. The second-order valence-electron chi connectivity index (χ2n) is 11.3. The van der Waals surface area contributed by atoms with Gasteiger partial charge in [0.2, 0.25) is 0 Å². The highest BCUT2D eigenvalue weighted by molar-refractivity contribution is 5.38. The fourth-order valence-corrected chi connectivity index (χ4v) is 6.71. The van der Waals surface area contributed by atoms with E-state index in [1.807, 2.05) is 13.8 Å². The highest BCUT2D eigenvalue weighted by Crippen LogP contribution is 2.60. The first-order valence-electron chi connectivity index (χ1n) is 12.1. The molecule has 170 valence electrons. The maximum atomic E-state index is 13.9. The van der Waals surface area contributed by atoms with Crippen LogP contribution >= 0.6 is 0 Å². The monoisotopic (exact) mass is 418 g/mol. The van der Waals surface area contributed by atoms with Crippen LogP contribution in [-0.4, -0.2) is 28.1 Å². The lowest BCUT2D eigenvalue weighted by Gasteiger charge is -2.44. The van der Waals surface area contributed by atoms with Crippen molar-refractivity contribution in [1.82, 2.24) is 0 Å². The molecule has 0 aromatic rings. The van der Waals surface area contributed by atoms with E-state index < -0.39 is 17.9 Å². The van der Waals surface area contributed by atoms with Gasteiger partial charge in [-0.05, 0) is 86.7 Å². The summed E-state index contributed by atoms with van der Waals surface area (Å²) in [6.07, 6.45) is 12.5. The van der Waals surface area contributed by atoms with Crippen molar-refractivity contribution >= 4 is 0 Å². The number of allylic oxidation sites excluding steroid dienone is 3. The van der Waals surface area contributed by atoms with Gasteiger partial charge in [-0.15, -0.1) is 0 Å². The van der Waals surface area contributed by atoms with Crippen LogP contribution in [0.1, 0.15) is 91.9 Å². The molecule has 2 nitrogen and oxygen atoms in total. The predicted octanol–water partition coefficient (Wildman–Crippen LogP) is 6.68. The standard InChI is InChI=1S/C27H43FO2/c1-18(8-6-14-26(3,4)30)23-12-13-24-20(9-7-15-27(23,24)5)10-11-21-16-22(28)17-25(29)19(21)2/h10-11,18,22-25,29-30H,2,6-9,12-17H2,1,3-5H3/b20-10+,21-11-/t18-,22-,23-,24+,25+,27-/m1/s1. The maximum Gasteiger partial charge on any atom is 0.107 e. The van der Waals surface area contributed by atoms with Crippen LogP contribution in [0.3, 0.4) is 0 Å². The van der Waals surface area contributed by atoms with Crippen molar-refractivity contribution in [2.24, 2.45) is 23.2 Å². The number of aliphatic hydroxyl groups excluding tert-OH is 1. The van der Waals surface area contributed by atoms with Crippen molar-refractivity contribution in [2.45, 2.75) is 110 Å². The smallest absolute Gasteiger partial charge is 0.107 e. The molecule has 3 rings (SSSR count). The molecule has 2 N–H and O–H groups in total. The van der Waals surface area contributed by atoms with Crippen molar-refractivity contribution in [3.05, 3.63) is 35.5 Å². The average Bonchev–Trinajstić information content (AvgIpc) is 3.00. The van der Waals surface area contributed by atoms with E-state index in [9.17, 15) is 14.6 Å². The maximum absolute atomic E-state index is 13.9. The molecule has 0 saturated heterocycles. The first-order valence-corrected chi connectivity index (χ1v) is 12.1. The molecule has 3 fully saturated rings. The molecular weight excluding hydrogens is 375 g/mol. The van der Waals surface area contributed by atoms with Crippen LogP contribution in [0.25, 0.3) is 0 Å². The molecule has 0 aromatic heterocycles. The molecule has 0 unspecified atom stereocenters. The number of halogens is 1. The summed E-state index contributed by atoms with van der Waals surface area (Å²) in [5, 5.41) is 20.1. The van der Waals surface area contributed by atoms with Gasteiger partial charge < -0.3 is 10.2 Å². The zero-order valence-corrected chi connectivity index (χ0v) is 19.6. The summed E-state index contributed by atoms with van der Waals surface area (Å²) in [6.45, 7) is 12.7. The molecule has 0 radical (unpaired) electrons. The molecule has 0 heterocycles. The number of hydrogen-bond acceptors (Lipinski definition) is 2. The third-order valence-corrected chi connectivity index (χ3v) is 8.41. The Labute approximate surface area is 183 Å². The molecule has 3 aliphatic carbocycles. The van der Waals surface area contributed by atoms with Crippen molar-refractivity contribution in [2.75, 3.05) is 0 Å². The van der Waals surface area contributed by atoms with Gasteiger partial charge in [-0.25, -0.2) is 4.39 Å². The van der Waals surface area contributed by atoms with Crippen molar-refractivity contribution in [1.29, 1.82) is 0 Å². The molecule has 0 aliphatic heterocycles. The van der Waals surface area contributed by atoms with Crippen LogP contribution in [0.2, 0.25) is 0 Å². The molecule has 3 aliphatic rings. The molecule has 0 spiro atoms. The summed E-state index contributed by atoms with van der Waals surface area (Å²) in [7, 11) is 0. The Kier molecular flexibility index (Phi) is 7.34. The lowest BCUT2D eigenvalue weighted by atomic mass is 9.60. The third kappa shape index (κ3) is 5.27.